The van der Waals surface area contributed by atoms with Crippen molar-refractivity contribution in [1.29, 1.82) is 0 Å². The van der Waals surface area contributed by atoms with Crippen LogP contribution in [0.4, 0.5) is 17.6 Å². The van der Waals surface area contributed by atoms with Gasteiger partial charge in [-0.05, 0) is 12.1 Å². The molecule has 0 aliphatic heterocycles. The molecule has 1 aromatic rings. The molecule has 0 heterocycles. The van der Waals surface area contributed by atoms with Gasteiger partial charge in [0.2, 0.25) is 6.43 Å². The van der Waals surface area contributed by atoms with Gasteiger partial charge >= 0.3 is 6.11 Å². The first-order valence-electron chi connectivity index (χ1n) is 3.90. The van der Waals surface area contributed by atoms with E-state index < -0.39 is 19.0 Å². The van der Waals surface area contributed by atoms with Crippen LogP contribution in [0.2, 0.25) is 0 Å². The third-order valence-electron chi connectivity index (χ3n) is 1.40. The molecule has 0 saturated heterocycles. The summed E-state index contributed by atoms with van der Waals surface area (Å²) in [7, 11) is 0. The summed E-state index contributed by atoms with van der Waals surface area (Å²) < 4.78 is 52.8. The molecule has 1 nitrogen and oxygen atoms in total. The Balaban J connectivity index is 2.59. The van der Waals surface area contributed by atoms with E-state index in [-0.39, 0.29) is 5.75 Å². The zero-order chi connectivity index (χ0) is 10.6. The van der Waals surface area contributed by atoms with Crippen LogP contribution in [0.25, 0.3) is 0 Å². The van der Waals surface area contributed by atoms with Gasteiger partial charge in [0.05, 0.1) is 0 Å². The normalized spacial score (nSPS) is 11.8. The fourth-order valence-electron chi connectivity index (χ4n) is 0.882. The maximum Gasteiger partial charge on any atom is 0.403 e. The lowest BCUT2D eigenvalue weighted by Gasteiger charge is -2.17. The maximum absolute atomic E-state index is 12.7. The zero-order valence-electron chi connectivity index (χ0n) is 7.09. The highest BCUT2D eigenvalue weighted by Crippen LogP contribution is 2.26. The first kappa shape index (κ1) is 10.8. The van der Waals surface area contributed by atoms with E-state index >= 15 is 0 Å². The van der Waals surface area contributed by atoms with Crippen molar-refractivity contribution < 1.29 is 22.3 Å². The lowest BCUT2D eigenvalue weighted by Crippen LogP contribution is -2.27. The fourth-order valence-corrected chi connectivity index (χ4v) is 0.882. The van der Waals surface area contributed by atoms with Gasteiger partial charge in [-0.1, -0.05) is 18.2 Å². The molecule has 0 fully saturated rings. The van der Waals surface area contributed by atoms with Gasteiger partial charge in [0.1, 0.15) is 12.2 Å². The molecule has 5 heteroatoms. The molecule has 0 unspecified atom stereocenters. The van der Waals surface area contributed by atoms with Crippen LogP contribution in [0.5, 0.6) is 5.75 Å². The summed E-state index contributed by atoms with van der Waals surface area (Å²) in [5.74, 6) is -0.127. The molecule has 1 rings (SSSR count). The largest absolute Gasteiger partial charge is 0.432 e. The van der Waals surface area contributed by atoms with Gasteiger partial charge in [-0.2, -0.15) is 8.78 Å². The van der Waals surface area contributed by atoms with E-state index in [4.69, 9.17) is 0 Å². The number of benzene rings is 1. The average Bonchev–Trinajstić information content (AvgIpc) is 2.02. The Labute approximate surface area is 78.3 Å². The van der Waals surface area contributed by atoms with Gasteiger partial charge in [0, 0.05) is 0 Å². The summed E-state index contributed by atoms with van der Waals surface area (Å²) in [4.78, 5) is 0. The Morgan fingerprint density at radius 1 is 1.14 bits per heavy atom. The van der Waals surface area contributed by atoms with E-state index in [2.05, 4.69) is 4.74 Å². The summed E-state index contributed by atoms with van der Waals surface area (Å²) in [6, 6.07) is 7.12. The van der Waals surface area contributed by atoms with Crippen molar-refractivity contribution in [1.82, 2.24) is 0 Å². The smallest absolute Gasteiger partial charge is 0.403 e. The molecule has 0 spiro atoms. The molecule has 0 aromatic heterocycles. The van der Waals surface area contributed by atoms with Crippen molar-refractivity contribution in [3.63, 3.8) is 0 Å². The summed E-state index contributed by atoms with van der Waals surface area (Å²) in [5.41, 5.74) is 0. The van der Waals surface area contributed by atoms with Gasteiger partial charge in [0.15, 0.2) is 0 Å². The molecule has 0 aliphatic carbocycles. The molecule has 0 saturated carbocycles. The summed E-state index contributed by atoms with van der Waals surface area (Å²) in [6.45, 7) is 0. The third-order valence-corrected chi connectivity index (χ3v) is 1.40. The molecule has 78 valence electrons. The number of hydrogen-bond donors (Lipinski definition) is 0. The Morgan fingerprint density at radius 3 is 2.21 bits per heavy atom. The fraction of sp³-hybridized carbons (Fsp3) is 0.333. The molecule has 0 aliphatic rings. The quantitative estimate of drug-likeness (QED) is 0.689. The van der Waals surface area contributed by atoms with E-state index in [0.717, 1.165) is 0 Å². The van der Waals surface area contributed by atoms with Crippen molar-refractivity contribution in [3.8, 4) is 5.75 Å². The van der Waals surface area contributed by atoms with E-state index in [9.17, 15) is 17.6 Å². The van der Waals surface area contributed by atoms with Crippen molar-refractivity contribution >= 4 is 0 Å². The Morgan fingerprint density at radius 2 is 1.71 bits per heavy atom. The highest BCUT2D eigenvalue weighted by Gasteiger charge is 2.35. The number of halogens is 4. The molecule has 0 radical (unpaired) electrons. The van der Waals surface area contributed by atoms with Gasteiger partial charge in [-0.15, -0.1) is 0 Å². The molecule has 0 N–H and O–H groups in total. The van der Waals surface area contributed by atoms with Crippen LogP contribution in [0.15, 0.2) is 30.3 Å². The third kappa shape index (κ3) is 3.64. The summed E-state index contributed by atoms with van der Waals surface area (Å²) in [6.07, 6.45) is -8.51. The molecule has 1 aromatic carbocycles. The highest BCUT2D eigenvalue weighted by molar-refractivity contribution is 5.21. The first-order valence-corrected chi connectivity index (χ1v) is 3.90. The van der Waals surface area contributed by atoms with Crippen LogP contribution < -0.4 is 4.74 Å². The monoisotopic (exact) mass is 208 g/mol. The van der Waals surface area contributed by atoms with Crippen molar-refractivity contribution in [2.45, 2.75) is 19.0 Å². The van der Waals surface area contributed by atoms with Crippen LogP contribution in [0.3, 0.4) is 0 Å². The lowest BCUT2D eigenvalue weighted by molar-refractivity contribution is -0.199. The molecular weight excluding hydrogens is 200 g/mol. The average molecular weight is 208 g/mol. The standard InChI is InChI=1S/C9H8F4O/c10-8(11)6-9(12,13)14-7-4-2-1-3-5-7/h1-5,8H,6H2. The Hall–Kier alpha value is -1.26. The van der Waals surface area contributed by atoms with Gasteiger partial charge in [0.25, 0.3) is 0 Å². The number of hydrogen-bond acceptors (Lipinski definition) is 1. The van der Waals surface area contributed by atoms with Crippen molar-refractivity contribution in [2.24, 2.45) is 0 Å². The van der Waals surface area contributed by atoms with Crippen LogP contribution in [0.1, 0.15) is 6.42 Å². The predicted octanol–water partition coefficient (Wildman–Crippen LogP) is 3.31. The van der Waals surface area contributed by atoms with E-state index in [0.29, 0.717) is 0 Å². The second-order valence-electron chi connectivity index (χ2n) is 2.65. The van der Waals surface area contributed by atoms with Crippen LogP contribution in [-0.2, 0) is 0 Å². The van der Waals surface area contributed by atoms with Crippen molar-refractivity contribution in [3.05, 3.63) is 30.3 Å². The first-order chi connectivity index (χ1) is 6.49. The SMILES string of the molecule is FC(F)CC(F)(F)Oc1ccccc1. The number of ether oxygens (including phenoxy) is 1. The molecule has 0 bridgehead atoms. The lowest BCUT2D eigenvalue weighted by atomic mass is 10.3. The highest BCUT2D eigenvalue weighted by atomic mass is 19.3. The van der Waals surface area contributed by atoms with Crippen LogP contribution in [-0.4, -0.2) is 12.5 Å². The Bertz CT molecular complexity index is 273. The predicted molar refractivity (Wildman–Crippen MR) is 42.6 cm³/mol. The molecule has 14 heavy (non-hydrogen) atoms. The van der Waals surface area contributed by atoms with Gasteiger partial charge < -0.3 is 4.74 Å². The van der Waals surface area contributed by atoms with Crippen LogP contribution in [0, 0.1) is 0 Å². The topological polar surface area (TPSA) is 9.23 Å². The number of para-hydroxylation sites is 1. The molecule has 0 atom stereocenters. The van der Waals surface area contributed by atoms with E-state index in [1.807, 2.05) is 0 Å². The second-order valence-corrected chi connectivity index (χ2v) is 2.65. The second kappa shape index (κ2) is 4.30. The minimum Gasteiger partial charge on any atom is -0.432 e. The maximum atomic E-state index is 12.7. The molecule has 0 amide bonds. The number of rotatable bonds is 4. The zero-order valence-corrected chi connectivity index (χ0v) is 7.09. The van der Waals surface area contributed by atoms with Gasteiger partial charge in [-0.25, -0.2) is 8.78 Å². The van der Waals surface area contributed by atoms with Gasteiger partial charge in [-0.3, -0.25) is 0 Å². The van der Waals surface area contributed by atoms with Crippen LogP contribution >= 0.6 is 0 Å². The minimum atomic E-state index is -3.82. The minimum absolute atomic E-state index is 0.127. The summed E-state index contributed by atoms with van der Waals surface area (Å²) >= 11 is 0. The molecular formula is C9H8F4O. The number of alkyl halides is 4. The van der Waals surface area contributed by atoms with E-state index in [1.165, 1.54) is 24.3 Å². The summed E-state index contributed by atoms with van der Waals surface area (Å²) in [5, 5.41) is 0. The Kier molecular flexibility index (Phi) is 3.33. The van der Waals surface area contributed by atoms with Crippen molar-refractivity contribution in [2.75, 3.05) is 0 Å². The van der Waals surface area contributed by atoms with E-state index in [1.54, 1.807) is 6.07 Å².